The summed E-state index contributed by atoms with van der Waals surface area (Å²) in [4.78, 5) is 6.96. The van der Waals surface area contributed by atoms with Crippen molar-refractivity contribution in [1.82, 2.24) is 9.88 Å². The molecule has 0 spiro atoms. The quantitative estimate of drug-likeness (QED) is 0.374. The minimum atomic E-state index is -0.523. The number of methoxy groups -OCH3 is 1. The van der Waals surface area contributed by atoms with E-state index < -0.39 is 5.82 Å². The molecule has 1 aliphatic rings. The number of piperidine rings is 1. The minimum Gasteiger partial charge on any atom is -0.493 e. The molecule has 1 unspecified atom stereocenters. The predicted octanol–water partition coefficient (Wildman–Crippen LogP) is 5.40. The Morgan fingerprint density at radius 2 is 1.97 bits per heavy atom. The van der Waals surface area contributed by atoms with Crippen molar-refractivity contribution in [2.75, 3.05) is 32.5 Å². The molecule has 2 heterocycles. The van der Waals surface area contributed by atoms with E-state index in [-0.39, 0.29) is 5.75 Å². The summed E-state index contributed by atoms with van der Waals surface area (Å²) >= 11 is 0. The lowest BCUT2D eigenvalue weighted by Gasteiger charge is -2.33. The summed E-state index contributed by atoms with van der Waals surface area (Å²) in [5, 5.41) is 0.704. The van der Waals surface area contributed by atoms with Crippen LogP contribution in [-0.2, 0) is 0 Å². The lowest BCUT2D eigenvalue weighted by atomic mass is 10.0. The number of nitrogen functional groups attached to an aromatic ring is 1. The Hall–Kier alpha value is -3.06. The number of rotatable bonds is 8. The Morgan fingerprint density at radius 3 is 2.75 bits per heavy atom. The first-order valence-electron chi connectivity index (χ1n) is 11.1. The van der Waals surface area contributed by atoms with Gasteiger partial charge < -0.3 is 24.8 Å². The van der Waals surface area contributed by atoms with E-state index in [1.807, 2.05) is 12.1 Å². The summed E-state index contributed by atoms with van der Waals surface area (Å²) < 4.78 is 31.6. The van der Waals surface area contributed by atoms with E-state index in [1.54, 1.807) is 25.4 Å². The molecule has 0 amide bonds. The van der Waals surface area contributed by atoms with Crippen molar-refractivity contribution in [2.45, 2.75) is 38.6 Å². The standard InChI is InChI=1S/C25H30FN3O3/c1-17-6-3-4-11-29(17)12-5-13-31-25-16-21-19(15-24(25)30-2)22(9-10-28-21)32-23-8-7-18(27)14-20(23)26/h7-10,14-17H,3-6,11-13,27H2,1-2H3. The predicted molar refractivity (Wildman–Crippen MR) is 124 cm³/mol. The zero-order chi connectivity index (χ0) is 22.5. The molecule has 0 radical (unpaired) electrons. The molecule has 1 fully saturated rings. The number of nitrogens with zero attached hydrogens (tertiary/aromatic N) is 2. The van der Waals surface area contributed by atoms with Crippen molar-refractivity contribution in [2.24, 2.45) is 0 Å². The summed E-state index contributed by atoms with van der Waals surface area (Å²) in [6.45, 7) is 5.09. The molecule has 4 rings (SSSR count). The van der Waals surface area contributed by atoms with E-state index in [2.05, 4.69) is 16.8 Å². The third-order valence-electron chi connectivity index (χ3n) is 5.95. The molecule has 7 heteroatoms. The number of likely N-dealkylation sites (tertiary alicyclic amines) is 1. The molecular weight excluding hydrogens is 409 g/mol. The Kier molecular flexibility index (Phi) is 6.95. The van der Waals surface area contributed by atoms with Crippen LogP contribution in [0.2, 0.25) is 0 Å². The molecule has 1 aliphatic heterocycles. The summed E-state index contributed by atoms with van der Waals surface area (Å²) in [7, 11) is 1.60. The number of hydrogen-bond donors (Lipinski definition) is 1. The number of halogens is 1. The summed E-state index contributed by atoms with van der Waals surface area (Å²) in [5.74, 6) is 1.26. The molecule has 32 heavy (non-hydrogen) atoms. The number of fused-ring (bicyclic) bond motifs is 1. The summed E-state index contributed by atoms with van der Waals surface area (Å²) in [6, 6.07) is 10.3. The van der Waals surface area contributed by atoms with Gasteiger partial charge in [-0.25, -0.2) is 4.39 Å². The number of hydrogen-bond acceptors (Lipinski definition) is 6. The van der Waals surface area contributed by atoms with E-state index in [1.165, 1.54) is 37.9 Å². The Morgan fingerprint density at radius 1 is 1.09 bits per heavy atom. The van der Waals surface area contributed by atoms with Gasteiger partial charge in [0.25, 0.3) is 0 Å². The van der Waals surface area contributed by atoms with Crippen LogP contribution in [0.15, 0.2) is 42.6 Å². The average molecular weight is 440 g/mol. The first-order chi connectivity index (χ1) is 15.5. The molecule has 0 aliphatic carbocycles. The van der Waals surface area contributed by atoms with Gasteiger partial charge in [-0.2, -0.15) is 0 Å². The largest absolute Gasteiger partial charge is 0.493 e. The Labute approximate surface area is 188 Å². The SMILES string of the molecule is COc1cc2c(Oc3ccc(N)cc3F)ccnc2cc1OCCCN1CCCCC1C. The second-order valence-corrected chi connectivity index (χ2v) is 8.20. The number of ether oxygens (including phenoxy) is 3. The third kappa shape index (κ3) is 5.05. The van der Waals surface area contributed by atoms with Crippen LogP contribution in [0.4, 0.5) is 10.1 Å². The number of aromatic nitrogens is 1. The van der Waals surface area contributed by atoms with Crippen LogP contribution in [0.1, 0.15) is 32.6 Å². The van der Waals surface area contributed by atoms with Crippen molar-refractivity contribution in [3.63, 3.8) is 0 Å². The number of anilines is 1. The highest BCUT2D eigenvalue weighted by Crippen LogP contribution is 2.37. The molecule has 0 bridgehead atoms. The molecular formula is C25H30FN3O3. The Bertz CT molecular complexity index is 1080. The molecule has 6 nitrogen and oxygen atoms in total. The van der Waals surface area contributed by atoms with Crippen LogP contribution >= 0.6 is 0 Å². The summed E-state index contributed by atoms with van der Waals surface area (Å²) in [6.07, 6.45) is 6.45. The van der Waals surface area contributed by atoms with Crippen LogP contribution in [0.5, 0.6) is 23.0 Å². The molecule has 1 saturated heterocycles. The van der Waals surface area contributed by atoms with Crippen LogP contribution in [0.3, 0.4) is 0 Å². The normalized spacial score (nSPS) is 16.8. The van der Waals surface area contributed by atoms with Crippen LogP contribution < -0.4 is 19.9 Å². The maximum atomic E-state index is 14.2. The van der Waals surface area contributed by atoms with Gasteiger partial charge in [-0.1, -0.05) is 6.42 Å². The second kappa shape index (κ2) is 10.0. The van der Waals surface area contributed by atoms with Crippen molar-refractivity contribution < 1.29 is 18.6 Å². The van der Waals surface area contributed by atoms with Gasteiger partial charge in [-0.15, -0.1) is 0 Å². The van der Waals surface area contributed by atoms with Crippen molar-refractivity contribution in [3.05, 3.63) is 48.4 Å². The third-order valence-corrected chi connectivity index (χ3v) is 5.95. The van der Waals surface area contributed by atoms with Crippen molar-refractivity contribution >= 4 is 16.6 Å². The monoisotopic (exact) mass is 439 g/mol. The topological polar surface area (TPSA) is 69.8 Å². The molecule has 2 N–H and O–H groups in total. The van der Waals surface area contributed by atoms with E-state index >= 15 is 0 Å². The van der Waals surface area contributed by atoms with Gasteiger partial charge in [-0.3, -0.25) is 4.98 Å². The molecule has 1 aromatic heterocycles. The highest BCUT2D eigenvalue weighted by molar-refractivity contribution is 5.88. The number of pyridine rings is 1. The van der Waals surface area contributed by atoms with E-state index in [0.717, 1.165) is 13.0 Å². The first kappa shape index (κ1) is 22.1. The Balaban J connectivity index is 1.48. The van der Waals surface area contributed by atoms with Crippen LogP contribution in [0.25, 0.3) is 10.9 Å². The number of benzene rings is 2. The van der Waals surface area contributed by atoms with Crippen LogP contribution in [0, 0.1) is 5.82 Å². The fourth-order valence-corrected chi connectivity index (χ4v) is 4.15. The van der Waals surface area contributed by atoms with Gasteiger partial charge in [0.1, 0.15) is 5.75 Å². The highest BCUT2D eigenvalue weighted by Gasteiger charge is 2.18. The van der Waals surface area contributed by atoms with E-state index in [4.69, 9.17) is 19.9 Å². The fraction of sp³-hybridized carbons (Fsp3) is 0.400. The summed E-state index contributed by atoms with van der Waals surface area (Å²) in [5.41, 5.74) is 6.65. The molecule has 1 atom stereocenters. The van der Waals surface area contributed by atoms with Gasteiger partial charge in [0.05, 0.1) is 19.2 Å². The first-order valence-corrected chi connectivity index (χ1v) is 11.1. The van der Waals surface area contributed by atoms with E-state index in [0.29, 0.717) is 46.5 Å². The van der Waals surface area contributed by atoms with Gasteiger partial charge in [-0.05, 0) is 57.0 Å². The van der Waals surface area contributed by atoms with Gasteiger partial charge in [0, 0.05) is 42.0 Å². The zero-order valence-electron chi connectivity index (χ0n) is 18.6. The fourth-order valence-electron chi connectivity index (χ4n) is 4.15. The van der Waals surface area contributed by atoms with Gasteiger partial charge in [0.2, 0.25) is 0 Å². The molecule has 0 saturated carbocycles. The van der Waals surface area contributed by atoms with Crippen LogP contribution in [-0.4, -0.2) is 42.7 Å². The zero-order valence-corrected chi connectivity index (χ0v) is 18.6. The lowest BCUT2D eigenvalue weighted by Crippen LogP contribution is -2.38. The molecule has 3 aromatic rings. The average Bonchev–Trinajstić information content (AvgIpc) is 2.79. The molecule has 2 aromatic carbocycles. The van der Waals surface area contributed by atoms with Gasteiger partial charge in [0.15, 0.2) is 23.1 Å². The van der Waals surface area contributed by atoms with Gasteiger partial charge >= 0.3 is 0 Å². The number of nitrogens with two attached hydrogens (primary N) is 1. The van der Waals surface area contributed by atoms with E-state index in [9.17, 15) is 4.39 Å². The lowest BCUT2D eigenvalue weighted by molar-refractivity contribution is 0.148. The van der Waals surface area contributed by atoms with Crippen molar-refractivity contribution in [1.29, 1.82) is 0 Å². The molecule has 170 valence electrons. The minimum absolute atomic E-state index is 0.0953. The van der Waals surface area contributed by atoms with Crippen molar-refractivity contribution in [3.8, 4) is 23.0 Å². The smallest absolute Gasteiger partial charge is 0.167 e. The highest BCUT2D eigenvalue weighted by atomic mass is 19.1. The maximum absolute atomic E-state index is 14.2. The maximum Gasteiger partial charge on any atom is 0.167 e. The second-order valence-electron chi connectivity index (χ2n) is 8.20.